The van der Waals surface area contributed by atoms with Crippen molar-refractivity contribution < 1.29 is 4.79 Å². The molecule has 1 fully saturated rings. The molecule has 0 amide bonds. The first kappa shape index (κ1) is 11.7. The van der Waals surface area contributed by atoms with E-state index < -0.39 is 0 Å². The summed E-state index contributed by atoms with van der Waals surface area (Å²) in [6.07, 6.45) is 7.60. The third-order valence-corrected chi connectivity index (χ3v) is 4.34. The number of aromatic amines is 1. The van der Waals surface area contributed by atoms with Crippen LogP contribution in [0.2, 0.25) is 5.02 Å². The second-order valence-corrected chi connectivity index (χ2v) is 5.72. The number of carbonyl (C=O) groups excluding carboxylic acids is 1. The third kappa shape index (κ3) is 1.65. The maximum atomic E-state index is 12.7. The molecule has 0 spiro atoms. The smallest absolute Gasteiger partial charge is 0.170 e. The van der Waals surface area contributed by atoms with Gasteiger partial charge in [0, 0.05) is 28.8 Å². The monoisotopic (exact) mass is 262 g/mol. The van der Waals surface area contributed by atoms with Crippen LogP contribution in [0.5, 0.6) is 0 Å². The van der Waals surface area contributed by atoms with Gasteiger partial charge in [-0.3, -0.25) is 4.79 Å². The molecule has 0 unspecified atom stereocenters. The standard InChI is InChI=1S/C14H15ClN2O/c1-14(5-2-3-6-14)12(18)9-8-17-13-11(9)10(15)4-7-16-13/h4,7-8H,2-3,5-6H2,1H3,(H,16,17). The van der Waals surface area contributed by atoms with Gasteiger partial charge in [0.1, 0.15) is 5.65 Å². The molecule has 1 aliphatic carbocycles. The largest absolute Gasteiger partial charge is 0.345 e. The van der Waals surface area contributed by atoms with Gasteiger partial charge in [-0.25, -0.2) is 4.98 Å². The Hall–Kier alpha value is -1.35. The molecule has 1 saturated carbocycles. The number of aromatic nitrogens is 2. The summed E-state index contributed by atoms with van der Waals surface area (Å²) in [5.41, 5.74) is 1.15. The average molecular weight is 263 g/mol. The number of H-pyrrole nitrogens is 1. The summed E-state index contributed by atoms with van der Waals surface area (Å²) in [4.78, 5) is 19.9. The number of Topliss-reactive ketones (excluding diaryl/α,β-unsaturated/α-hetero) is 1. The highest BCUT2D eigenvalue weighted by Crippen LogP contribution is 2.41. The van der Waals surface area contributed by atoms with Crippen molar-refractivity contribution >= 4 is 28.4 Å². The van der Waals surface area contributed by atoms with E-state index in [1.54, 1.807) is 18.5 Å². The van der Waals surface area contributed by atoms with Crippen molar-refractivity contribution in [3.05, 3.63) is 29.0 Å². The van der Waals surface area contributed by atoms with Crippen LogP contribution in [0.3, 0.4) is 0 Å². The zero-order valence-corrected chi connectivity index (χ0v) is 11.0. The molecule has 0 radical (unpaired) electrons. The highest BCUT2D eigenvalue weighted by atomic mass is 35.5. The number of nitrogens with zero attached hydrogens (tertiary/aromatic N) is 1. The molecule has 3 nitrogen and oxygen atoms in total. The molecule has 0 aliphatic heterocycles. The van der Waals surface area contributed by atoms with Gasteiger partial charge in [-0.15, -0.1) is 0 Å². The Morgan fingerprint density at radius 2 is 2.17 bits per heavy atom. The maximum Gasteiger partial charge on any atom is 0.170 e. The van der Waals surface area contributed by atoms with E-state index in [9.17, 15) is 4.79 Å². The van der Waals surface area contributed by atoms with Gasteiger partial charge >= 0.3 is 0 Å². The zero-order valence-electron chi connectivity index (χ0n) is 10.3. The molecule has 18 heavy (non-hydrogen) atoms. The second kappa shape index (κ2) is 4.09. The topological polar surface area (TPSA) is 45.8 Å². The molecule has 0 aromatic carbocycles. The average Bonchev–Trinajstić information content (AvgIpc) is 2.96. The van der Waals surface area contributed by atoms with Crippen LogP contribution in [0.4, 0.5) is 0 Å². The second-order valence-electron chi connectivity index (χ2n) is 5.32. The first-order valence-corrected chi connectivity index (χ1v) is 6.66. The van der Waals surface area contributed by atoms with Crippen LogP contribution in [-0.4, -0.2) is 15.8 Å². The Bertz CT molecular complexity index is 611. The SMILES string of the molecule is CC1(C(=O)c2c[nH]c3nccc(Cl)c23)CCCC1. The molecule has 1 aliphatic rings. The van der Waals surface area contributed by atoms with Gasteiger partial charge in [0.25, 0.3) is 0 Å². The van der Waals surface area contributed by atoms with Crippen molar-refractivity contribution in [2.75, 3.05) is 0 Å². The van der Waals surface area contributed by atoms with Gasteiger partial charge in [-0.2, -0.15) is 0 Å². The van der Waals surface area contributed by atoms with Crippen molar-refractivity contribution in [3.63, 3.8) is 0 Å². The first-order chi connectivity index (χ1) is 8.62. The lowest BCUT2D eigenvalue weighted by molar-refractivity contribution is 0.0825. The fourth-order valence-electron chi connectivity index (χ4n) is 2.90. The molecule has 2 heterocycles. The number of rotatable bonds is 2. The zero-order chi connectivity index (χ0) is 12.8. The lowest BCUT2D eigenvalue weighted by Gasteiger charge is -2.21. The van der Waals surface area contributed by atoms with E-state index >= 15 is 0 Å². The van der Waals surface area contributed by atoms with Crippen LogP contribution in [0.25, 0.3) is 11.0 Å². The summed E-state index contributed by atoms with van der Waals surface area (Å²) in [6.45, 7) is 2.06. The van der Waals surface area contributed by atoms with Gasteiger partial charge in [0.15, 0.2) is 5.78 Å². The molecular weight excluding hydrogens is 248 g/mol. The Kier molecular flexibility index (Phi) is 2.67. The Labute approximate surface area is 111 Å². The molecule has 2 aromatic rings. The Morgan fingerprint density at radius 1 is 1.44 bits per heavy atom. The predicted octanol–water partition coefficient (Wildman–Crippen LogP) is 3.98. The number of halogens is 1. The quantitative estimate of drug-likeness (QED) is 0.832. The number of pyridine rings is 1. The minimum Gasteiger partial charge on any atom is -0.345 e. The molecule has 94 valence electrons. The highest BCUT2D eigenvalue weighted by Gasteiger charge is 2.37. The minimum absolute atomic E-state index is 0.196. The number of nitrogens with one attached hydrogen (secondary N) is 1. The van der Waals surface area contributed by atoms with Gasteiger partial charge in [0.05, 0.1) is 5.02 Å². The lowest BCUT2D eigenvalue weighted by atomic mass is 9.81. The van der Waals surface area contributed by atoms with Gasteiger partial charge < -0.3 is 4.98 Å². The lowest BCUT2D eigenvalue weighted by Crippen LogP contribution is -2.24. The van der Waals surface area contributed by atoms with Crippen molar-refractivity contribution in [1.82, 2.24) is 9.97 Å². The number of ketones is 1. The fraction of sp³-hybridized carbons (Fsp3) is 0.429. The molecule has 0 saturated heterocycles. The summed E-state index contributed by atoms with van der Waals surface area (Å²) in [7, 11) is 0. The molecule has 2 aromatic heterocycles. The van der Waals surface area contributed by atoms with E-state index in [1.807, 2.05) is 0 Å². The summed E-state index contributed by atoms with van der Waals surface area (Å²) in [5, 5.41) is 1.35. The van der Waals surface area contributed by atoms with Crippen molar-refractivity contribution in [1.29, 1.82) is 0 Å². The summed E-state index contributed by atoms with van der Waals surface area (Å²) in [5.74, 6) is 0.196. The Morgan fingerprint density at radius 3 is 2.89 bits per heavy atom. The molecule has 4 heteroatoms. The minimum atomic E-state index is -0.228. The molecule has 3 rings (SSSR count). The van der Waals surface area contributed by atoms with Crippen LogP contribution in [0.1, 0.15) is 43.0 Å². The van der Waals surface area contributed by atoms with E-state index in [-0.39, 0.29) is 11.2 Å². The summed E-state index contributed by atoms with van der Waals surface area (Å²) < 4.78 is 0. The van der Waals surface area contributed by atoms with Gasteiger partial charge in [-0.1, -0.05) is 31.4 Å². The van der Waals surface area contributed by atoms with E-state index in [4.69, 9.17) is 11.6 Å². The first-order valence-electron chi connectivity index (χ1n) is 6.28. The summed E-state index contributed by atoms with van der Waals surface area (Å²) >= 11 is 6.19. The van der Waals surface area contributed by atoms with Crippen LogP contribution in [-0.2, 0) is 0 Å². The number of carbonyl (C=O) groups is 1. The van der Waals surface area contributed by atoms with Crippen molar-refractivity contribution in [2.24, 2.45) is 5.41 Å². The molecule has 0 atom stereocenters. The fourth-order valence-corrected chi connectivity index (χ4v) is 3.15. The predicted molar refractivity (Wildman–Crippen MR) is 72.0 cm³/mol. The van der Waals surface area contributed by atoms with Crippen LogP contribution in [0.15, 0.2) is 18.5 Å². The summed E-state index contributed by atoms with van der Waals surface area (Å²) in [6, 6.07) is 1.73. The van der Waals surface area contributed by atoms with Crippen LogP contribution < -0.4 is 0 Å². The van der Waals surface area contributed by atoms with E-state index in [1.165, 1.54) is 0 Å². The number of hydrogen-bond donors (Lipinski definition) is 1. The molecular formula is C14H15ClN2O. The Balaban J connectivity index is 2.12. The van der Waals surface area contributed by atoms with E-state index in [0.717, 1.165) is 31.1 Å². The van der Waals surface area contributed by atoms with Gasteiger partial charge in [0.2, 0.25) is 0 Å². The van der Waals surface area contributed by atoms with E-state index in [0.29, 0.717) is 16.2 Å². The van der Waals surface area contributed by atoms with Crippen LogP contribution >= 0.6 is 11.6 Å². The maximum absolute atomic E-state index is 12.7. The molecule has 1 N–H and O–H groups in total. The van der Waals surface area contributed by atoms with Crippen molar-refractivity contribution in [2.45, 2.75) is 32.6 Å². The number of fused-ring (bicyclic) bond motifs is 1. The molecule has 0 bridgehead atoms. The number of hydrogen-bond acceptors (Lipinski definition) is 2. The highest BCUT2D eigenvalue weighted by molar-refractivity contribution is 6.36. The van der Waals surface area contributed by atoms with Gasteiger partial charge in [-0.05, 0) is 18.9 Å². The third-order valence-electron chi connectivity index (χ3n) is 4.02. The normalized spacial score (nSPS) is 18.3. The van der Waals surface area contributed by atoms with Crippen molar-refractivity contribution in [3.8, 4) is 0 Å². The van der Waals surface area contributed by atoms with E-state index in [2.05, 4.69) is 16.9 Å². The van der Waals surface area contributed by atoms with Crippen LogP contribution in [0, 0.1) is 5.41 Å².